The molecule has 3 rings (SSSR count). The lowest BCUT2D eigenvalue weighted by Gasteiger charge is -2.19. The molecule has 2 atom stereocenters. The van der Waals surface area contributed by atoms with Crippen molar-refractivity contribution in [3.8, 4) is 0 Å². The van der Waals surface area contributed by atoms with E-state index in [1.165, 1.54) is 23.9 Å². The third-order valence-corrected chi connectivity index (χ3v) is 4.16. The highest BCUT2D eigenvalue weighted by molar-refractivity contribution is 5.40. The molecule has 0 saturated heterocycles. The number of nitrogen functional groups attached to an aromatic ring is 1. The van der Waals surface area contributed by atoms with Gasteiger partial charge in [0.15, 0.2) is 11.6 Å². The summed E-state index contributed by atoms with van der Waals surface area (Å²) in [7, 11) is 1.71. The third kappa shape index (κ3) is 1.08. The van der Waals surface area contributed by atoms with E-state index in [2.05, 4.69) is 5.10 Å². The molecule has 0 bridgehead atoms. The summed E-state index contributed by atoms with van der Waals surface area (Å²) in [6.07, 6.45) is 5.92. The predicted octanol–water partition coefficient (Wildman–Crippen LogP) is 1.97. The number of nitrogens with two attached hydrogens (primary N) is 1. The van der Waals surface area contributed by atoms with Crippen LogP contribution in [0.2, 0.25) is 0 Å². The summed E-state index contributed by atoms with van der Waals surface area (Å²) in [5.74, 6) is 0.563. The molecule has 1 aromatic rings. The number of aryl methyl sites for hydroxylation is 1. The fourth-order valence-electron chi connectivity index (χ4n) is 3.13. The Morgan fingerprint density at radius 2 is 2.33 bits per heavy atom. The van der Waals surface area contributed by atoms with Crippen LogP contribution < -0.4 is 5.73 Å². The van der Waals surface area contributed by atoms with E-state index in [1.807, 2.05) is 0 Å². The van der Waals surface area contributed by atoms with Crippen molar-refractivity contribution in [3.63, 3.8) is 0 Å². The van der Waals surface area contributed by atoms with Crippen LogP contribution >= 0.6 is 0 Å². The van der Waals surface area contributed by atoms with E-state index >= 15 is 0 Å². The fourth-order valence-corrected chi connectivity index (χ4v) is 3.13. The maximum Gasteiger partial charge on any atom is 0.188 e. The molecule has 0 aromatic carbocycles. The minimum absolute atomic E-state index is 0.0533. The molecule has 2 aliphatic carbocycles. The molecule has 82 valence electrons. The quantitative estimate of drug-likeness (QED) is 0.768. The number of rotatable bonds is 1. The first-order valence-corrected chi connectivity index (χ1v) is 5.63. The van der Waals surface area contributed by atoms with E-state index in [9.17, 15) is 4.39 Å². The van der Waals surface area contributed by atoms with Gasteiger partial charge in [-0.15, -0.1) is 0 Å². The van der Waals surface area contributed by atoms with Gasteiger partial charge < -0.3 is 5.73 Å². The first-order valence-electron chi connectivity index (χ1n) is 5.63. The smallest absolute Gasteiger partial charge is 0.188 e. The van der Waals surface area contributed by atoms with E-state index in [0.717, 1.165) is 12.8 Å². The van der Waals surface area contributed by atoms with Crippen molar-refractivity contribution >= 4 is 5.82 Å². The predicted molar refractivity (Wildman–Crippen MR) is 55.8 cm³/mol. The van der Waals surface area contributed by atoms with Crippen LogP contribution in [0.1, 0.15) is 37.8 Å². The molecule has 2 fully saturated rings. The molecule has 0 aliphatic heterocycles. The zero-order chi connectivity index (χ0) is 10.6. The summed E-state index contributed by atoms with van der Waals surface area (Å²) in [6, 6.07) is 0. The summed E-state index contributed by atoms with van der Waals surface area (Å²) < 4.78 is 15.3. The van der Waals surface area contributed by atoms with Crippen LogP contribution in [-0.2, 0) is 12.5 Å². The molecule has 0 spiro atoms. The lowest BCUT2D eigenvalue weighted by Crippen LogP contribution is -2.16. The van der Waals surface area contributed by atoms with Gasteiger partial charge in [0.2, 0.25) is 0 Å². The van der Waals surface area contributed by atoms with Gasteiger partial charge in [-0.25, -0.2) is 4.39 Å². The van der Waals surface area contributed by atoms with Crippen molar-refractivity contribution in [1.82, 2.24) is 9.78 Å². The molecule has 2 unspecified atom stereocenters. The minimum atomic E-state index is -0.276. The van der Waals surface area contributed by atoms with Crippen molar-refractivity contribution in [2.45, 2.75) is 37.5 Å². The normalized spacial score (nSPS) is 33.9. The molecule has 1 aromatic heterocycles. The number of fused-ring (bicyclic) bond motifs is 1. The molecule has 4 heteroatoms. The molecular formula is C11H16FN3. The molecule has 3 nitrogen and oxygen atoms in total. The molecule has 15 heavy (non-hydrogen) atoms. The van der Waals surface area contributed by atoms with Crippen molar-refractivity contribution in [3.05, 3.63) is 11.5 Å². The molecule has 0 radical (unpaired) electrons. The zero-order valence-electron chi connectivity index (χ0n) is 8.96. The highest BCUT2D eigenvalue weighted by atomic mass is 19.1. The summed E-state index contributed by atoms with van der Waals surface area (Å²) in [5.41, 5.74) is 6.30. The number of hydrogen-bond acceptors (Lipinski definition) is 2. The van der Waals surface area contributed by atoms with Crippen LogP contribution in [0.25, 0.3) is 0 Å². The lowest BCUT2D eigenvalue weighted by molar-refractivity contribution is 0.406. The molecular weight excluding hydrogens is 193 g/mol. The lowest BCUT2D eigenvalue weighted by atomic mass is 9.86. The first kappa shape index (κ1) is 9.19. The summed E-state index contributed by atoms with van der Waals surface area (Å²) in [5, 5.41) is 4.26. The largest absolute Gasteiger partial charge is 0.381 e. The van der Waals surface area contributed by atoms with Gasteiger partial charge >= 0.3 is 0 Å². The average molecular weight is 209 g/mol. The molecule has 2 aliphatic rings. The second-order valence-electron chi connectivity index (χ2n) is 4.97. The monoisotopic (exact) mass is 209 g/mol. The van der Waals surface area contributed by atoms with Crippen molar-refractivity contribution in [2.24, 2.45) is 13.0 Å². The maximum atomic E-state index is 13.9. The Morgan fingerprint density at radius 3 is 2.93 bits per heavy atom. The van der Waals surface area contributed by atoms with Crippen LogP contribution in [0.3, 0.4) is 0 Å². The summed E-state index contributed by atoms with van der Waals surface area (Å²) in [4.78, 5) is 0. The topological polar surface area (TPSA) is 43.8 Å². The number of nitrogens with zero attached hydrogens (tertiary/aromatic N) is 2. The zero-order valence-corrected chi connectivity index (χ0v) is 8.96. The highest BCUT2D eigenvalue weighted by Crippen LogP contribution is 2.62. The standard InChI is InChI=1S/C11H16FN3/c1-15-10(13)8(12)9(14-15)11-5-3-2-4-7(11)6-11/h7H,2-6,13H2,1H3. The first-order chi connectivity index (χ1) is 7.15. The Hall–Kier alpha value is -1.06. The van der Waals surface area contributed by atoms with E-state index < -0.39 is 0 Å². The summed E-state index contributed by atoms with van der Waals surface area (Å²) >= 11 is 0. The van der Waals surface area contributed by atoms with Crippen molar-refractivity contribution in [2.75, 3.05) is 5.73 Å². The summed E-state index contributed by atoms with van der Waals surface area (Å²) in [6.45, 7) is 0. The van der Waals surface area contributed by atoms with Gasteiger partial charge in [-0.2, -0.15) is 5.10 Å². The van der Waals surface area contributed by atoms with E-state index in [0.29, 0.717) is 11.6 Å². The molecule has 2 N–H and O–H groups in total. The van der Waals surface area contributed by atoms with Gasteiger partial charge in [0.1, 0.15) is 5.69 Å². The Kier molecular flexibility index (Phi) is 1.68. The highest BCUT2D eigenvalue weighted by Gasteiger charge is 2.58. The molecule has 1 heterocycles. The van der Waals surface area contributed by atoms with E-state index in [-0.39, 0.29) is 17.1 Å². The van der Waals surface area contributed by atoms with Gasteiger partial charge in [0.25, 0.3) is 0 Å². The van der Waals surface area contributed by atoms with Crippen molar-refractivity contribution in [1.29, 1.82) is 0 Å². The van der Waals surface area contributed by atoms with Gasteiger partial charge in [0.05, 0.1) is 0 Å². The number of halogens is 1. The second kappa shape index (κ2) is 2.74. The van der Waals surface area contributed by atoms with Crippen LogP contribution in [0, 0.1) is 11.7 Å². The maximum absolute atomic E-state index is 13.9. The molecule has 0 amide bonds. The van der Waals surface area contributed by atoms with Crippen molar-refractivity contribution < 1.29 is 4.39 Å². The average Bonchev–Trinajstić information content (AvgIpc) is 2.92. The van der Waals surface area contributed by atoms with Gasteiger partial charge in [-0.3, -0.25) is 4.68 Å². The Balaban J connectivity index is 2.03. The third-order valence-electron chi connectivity index (χ3n) is 4.16. The van der Waals surface area contributed by atoms with Gasteiger partial charge in [-0.1, -0.05) is 12.8 Å². The Morgan fingerprint density at radius 1 is 1.53 bits per heavy atom. The van der Waals surface area contributed by atoms with Gasteiger partial charge in [0, 0.05) is 12.5 Å². The Labute approximate surface area is 88.5 Å². The van der Waals surface area contributed by atoms with Crippen LogP contribution in [0.15, 0.2) is 0 Å². The van der Waals surface area contributed by atoms with Crippen LogP contribution in [0.5, 0.6) is 0 Å². The van der Waals surface area contributed by atoms with Gasteiger partial charge in [-0.05, 0) is 25.2 Å². The van der Waals surface area contributed by atoms with Crippen LogP contribution in [0.4, 0.5) is 10.2 Å². The number of aromatic nitrogens is 2. The van der Waals surface area contributed by atoms with E-state index in [4.69, 9.17) is 5.73 Å². The fraction of sp³-hybridized carbons (Fsp3) is 0.727. The Bertz CT molecular complexity index is 412. The van der Waals surface area contributed by atoms with Crippen LogP contribution in [-0.4, -0.2) is 9.78 Å². The second-order valence-corrected chi connectivity index (χ2v) is 4.97. The minimum Gasteiger partial charge on any atom is -0.381 e. The van der Waals surface area contributed by atoms with E-state index in [1.54, 1.807) is 7.05 Å². The SMILES string of the molecule is Cn1nc(C23CCCCC2C3)c(F)c1N. The number of anilines is 1. The number of hydrogen-bond donors (Lipinski definition) is 1. The molecule has 2 saturated carbocycles.